The Hall–Kier alpha value is -1.50. The van der Waals surface area contributed by atoms with Gasteiger partial charge in [0.1, 0.15) is 18.1 Å². The molecule has 10 nitrogen and oxygen atoms in total. The standard InChI is InChI=1S/C17H33N5O5S2/c1-10(17(26)27)20-15(24)12(6-8-29-2)21-16(25)13(9-28)22-14(23)11(19)5-3-4-7-18/h10-13,28H,3-9,18-19H2,1-2H3,(H,20,24)(H,21,25)(H,22,23)(H,26,27). The first-order valence-electron chi connectivity index (χ1n) is 9.37. The number of rotatable bonds is 15. The third-order valence-electron chi connectivity index (χ3n) is 4.09. The highest BCUT2D eigenvalue weighted by molar-refractivity contribution is 7.98. The van der Waals surface area contributed by atoms with E-state index in [9.17, 15) is 19.2 Å². The van der Waals surface area contributed by atoms with Crippen molar-refractivity contribution < 1.29 is 24.3 Å². The molecule has 0 heterocycles. The Morgan fingerprint density at radius 3 is 2.10 bits per heavy atom. The monoisotopic (exact) mass is 451 g/mol. The van der Waals surface area contributed by atoms with E-state index >= 15 is 0 Å². The Morgan fingerprint density at radius 1 is 1.00 bits per heavy atom. The second kappa shape index (κ2) is 15.4. The van der Waals surface area contributed by atoms with Gasteiger partial charge < -0.3 is 32.5 Å². The molecule has 8 N–H and O–H groups in total. The lowest BCUT2D eigenvalue weighted by atomic mass is 10.1. The fraction of sp³-hybridized carbons (Fsp3) is 0.765. The summed E-state index contributed by atoms with van der Waals surface area (Å²) in [6.07, 6.45) is 4.03. The number of hydrogen-bond acceptors (Lipinski definition) is 8. The van der Waals surface area contributed by atoms with Gasteiger partial charge in [-0.2, -0.15) is 24.4 Å². The molecule has 0 aliphatic carbocycles. The number of carboxylic acids is 1. The zero-order valence-electron chi connectivity index (χ0n) is 16.8. The summed E-state index contributed by atoms with van der Waals surface area (Å²) in [4.78, 5) is 48.0. The van der Waals surface area contributed by atoms with Crippen molar-refractivity contribution in [2.45, 2.75) is 56.8 Å². The Labute approximate surface area is 181 Å². The minimum Gasteiger partial charge on any atom is -0.480 e. The second-order valence-electron chi connectivity index (χ2n) is 6.55. The zero-order valence-corrected chi connectivity index (χ0v) is 18.6. The number of aliphatic carboxylic acids is 1. The molecule has 0 aliphatic rings. The van der Waals surface area contributed by atoms with E-state index in [1.165, 1.54) is 18.7 Å². The minimum atomic E-state index is -1.18. The third-order valence-corrected chi connectivity index (χ3v) is 5.10. The molecule has 0 aromatic heterocycles. The first kappa shape index (κ1) is 27.5. The van der Waals surface area contributed by atoms with Crippen LogP contribution in [0.15, 0.2) is 0 Å². The van der Waals surface area contributed by atoms with Crippen molar-refractivity contribution in [2.24, 2.45) is 11.5 Å². The number of thioether (sulfide) groups is 1. The van der Waals surface area contributed by atoms with Crippen LogP contribution in [0, 0.1) is 0 Å². The number of carbonyl (C=O) groups is 4. The van der Waals surface area contributed by atoms with Crippen molar-refractivity contribution in [1.82, 2.24) is 16.0 Å². The van der Waals surface area contributed by atoms with E-state index in [4.69, 9.17) is 16.6 Å². The molecule has 0 aromatic rings. The number of unbranched alkanes of at least 4 members (excludes halogenated alkanes) is 1. The predicted octanol–water partition coefficient (Wildman–Crippen LogP) is -1.32. The van der Waals surface area contributed by atoms with E-state index < -0.39 is 47.9 Å². The van der Waals surface area contributed by atoms with Crippen molar-refractivity contribution in [3.05, 3.63) is 0 Å². The average Bonchev–Trinajstić information content (AvgIpc) is 2.68. The van der Waals surface area contributed by atoms with E-state index in [0.29, 0.717) is 31.6 Å². The highest BCUT2D eigenvalue weighted by Crippen LogP contribution is 2.04. The van der Waals surface area contributed by atoms with Crippen molar-refractivity contribution in [3.8, 4) is 0 Å². The minimum absolute atomic E-state index is 0.00941. The molecule has 0 rings (SSSR count). The van der Waals surface area contributed by atoms with Gasteiger partial charge in [0.15, 0.2) is 0 Å². The van der Waals surface area contributed by atoms with Gasteiger partial charge >= 0.3 is 5.97 Å². The molecule has 12 heteroatoms. The van der Waals surface area contributed by atoms with Crippen molar-refractivity contribution in [2.75, 3.05) is 24.3 Å². The molecule has 0 spiro atoms. The topological polar surface area (TPSA) is 177 Å². The van der Waals surface area contributed by atoms with Crippen molar-refractivity contribution in [3.63, 3.8) is 0 Å². The Bertz CT molecular complexity index is 552. The van der Waals surface area contributed by atoms with Crippen LogP contribution in [-0.2, 0) is 19.2 Å². The molecule has 0 radical (unpaired) electrons. The van der Waals surface area contributed by atoms with Crippen LogP contribution in [-0.4, -0.2) is 77.3 Å². The maximum absolute atomic E-state index is 12.6. The Balaban J connectivity index is 4.93. The molecule has 4 unspecified atom stereocenters. The first-order chi connectivity index (χ1) is 13.7. The fourth-order valence-electron chi connectivity index (χ4n) is 2.27. The summed E-state index contributed by atoms with van der Waals surface area (Å²) >= 11 is 5.58. The predicted molar refractivity (Wildman–Crippen MR) is 117 cm³/mol. The van der Waals surface area contributed by atoms with Crippen LogP contribution in [0.4, 0.5) is 0 Å². The van der Waals surface area contributed by atoms with Gasteiger partial charge in [0.25, 0.3) is 0 Å². The summed E-state index contributed by atoms with van der Waals surface area (Å²) in [5, 5.41) is 16.4. The highest BCUT2D eigenvalue weighted by atomic mass is 32.2. The average molecular weight is 452 g/mol. The van der Waals surface area contributed by atoms with Crippen LogP contribution in [0.1, 0.15) is 32.6 Å². The van der Waals surface area contributed by atoms with Crippen LogP contribution >= 0.6 is 24.4 Å². The van der Waals surface area contributed by atoms with Gasteiger partial charge in [-0.1, -0.05) is 6.42 Å². The van der Waals surface area contributed by atoms with Gasteiger partial charge in [-0.15, -0.1) is 0 Å². The summed E-state index contributed by atoms with van der Waals surface area (Å²) in [6, 6.07) is -3.78. The molecule has 29 heavy (non-hydrogen) atoms. The number of carboxylic acid groups (broad SMARTS) is 1. The van der Waals surface area contributed by atoms with E-state index in [2.05, 4.69) is 28.6 Å². The molecule has 0 bridgehead atoms. The Morgan fingerprint density at radius 2 is 1.59 bits per heavy atom. The SMILES string of the molecule is CSCCC(NC(=O)C(CS)NC(=O)C(N)CCCCN)C(=O)NC(C)C(=O)O. The molecular weight excluding hydrogens is 418 g/mol. The van der Waals surface area contributed by atoms with Crippen LogP contribution in [0.5, 0.6) is 0 Å². The van der Waals surface area contributed by atoms with Gasteiger partial charge in [0.2, 0.25) is 17.7 Å². The molecule has 168 valence electrons. The van der Waals surface area contributed by atoms with Crippen molar-refractivity contribution in [1.29, 1.82) is 0 Å². The number of nitrogens with two attached hydrogens (primary N) is 2. The van der Waals surface area contributed by atoms with Crippen molar-refractivity contribution >= 4 is 48.1 Å². The number of amides is 3. The van der Waals surface area contributed by atoms with Gasteiger partial charge in [-0.3, -0.25) is 19.2 Å². The summed E-state index contributed by atoms with van der Waals surface area (Å²) < 4.78 is 0. The summed E-state index contributed by atoms with van der Waals surface area (Å²) in [5.41, 5.74) is 11.2. The summed E-state index contributed by atoms with van der Waals surface area (Å²) in [5.74, 6) is -2.28. The van der Waals surface area contributed by atoms with E-state index in [0.717, 1.165) is 6.42 Å². The van der Waals surface area contributed by atoms with E-state index in [-0.39, 0.29) is 5.75 Å². The number of nitrogens with one attached hydrogen (secondary N) is 3. The van der Waals surface area contributed by atoms with Crippen LogP contribution < -0.4 is 27.4 Å². The van der Waals surface area contributed by atoms with Crippen LogP contribution in [0.3, 0.4) is 0 Å². The zero-order chi connectivity index (χ0) is 22.4. The lowest BCUT2D eigenvalue weighted by Gasteiger charge is -2.24. The lowest BCUT2D eigenvalue weighted by Crippen LogP contribution is -2.57. The smallest absolute Gasteiger partial charge is 0.325 e. The highest BCUT2D eigenvalue weighted by Gasteiger charge is 2.28. The lowest BCUT2D eigenvalue weighted by molar-refractivity contribution is -0.141. The van der Waals surface area contributed by atoms with Gasteiger partial charge in [0, 0.05) is 5.75 Å². The molecule has 0 saturated carbocycles. The summed E-state index contributed by atoms with van der Waals surface area (Å²) in [6.45, 7) is 1.84. The maximum Gasteiger partial charge on any atom is 0.325 e. The molecule has 0 saturated heterocycles. The third kappa shape index (κ3) is 11.3. The van der Waals surface area contributed by atoms with Gasteiger partial charge in [-0.05, 0) is 44.7 Å². The fourth-order valence-corrected chi connectivity index (χ4v) is 2.99. The molecule has 0 fully saturated rings. The Kier molecular flexibility index (Phi) is 14.6. The summed E-state index contributed by atoms with van der Waals surface area (Å²) in [7, 11) is 0. The van der Waals surface area contributed by atoms with Crippen LogP contribution in [0.2, 0.25) is 0 Å². The molecule has 4 atom stereocenters. The largest absolute Gasteiger partial charge is 0.480 e. The normalized spacial score (nSPS) is 14.9. The maximum atomic E-state index is 12.6. The van der Waals surface area contributed by atoms with Gasteiger partial charge in [-0.25, -0.2) is 0 Å². The molecule has 3 amide bonds. The quantitative estimate of drug-likeness (QED) is 0.118. The number of hydrogen-bond donors (Lipinski definition) is 7. The number of thiol groups is 1. The van der Waals surface area contributed by atoms with Crippen LogP contribution in [0.25, 0.3) is 0 Å². The molecule has 0 aromatic carbocycles. The van der Waals surface area contributed by atoms with Gasteiger partial charge in [0.05, 0.1) is 6.04 Å². The van der Waals surface area contributed by atoms with E-state index in [1.807, 2.05) is 6.26 Å². The number of carbonyl (C=O) groups excluding carboxylic acids is 3. The first-order valence-corrected chi connectivity index (χ1v) is 11.4. The second-order valence-corrected chi connectivity index (χ2v) is 7.90. The molecule has 0 aliphatic heterocycles. The molecular formula is C17H33N5O5S2. The van der Waals surface area contributed by atoms with E-state index in [1.54, 1.807) is 0 Å².